The maximum absolute atomic E-state index is 11.8. The Labute approximate surface area is 152 Å². The molecule has 0 bridgehead atoms. The molecule has 0 aliphatic rings. The van der Waals surface area contributed by atoms with Gasteiger partial charge in [-0.25, -0.2) is 4.79 Å². The number of hydrogen-bond donors (Lipinski definition) is 0. The summed E-state index contributed by atoms with van der Waals surface area (Å²) < 4.78 is 5.07. The highest BCUT2D eigenvalue weighted by Gasteiger charge is 2.07. The number of fused-ring (bicyclic) bond motifs is 1. The van der Waals surface area contributed by atoms with E-state index in [1.165, 1.54) is 62.3 Å². The number of esters is 1. The van der Waals surface area contributed by atoms with E-state index >= 15 is 0 Å². The highest BCUT2D eigenvalue weighted by molar-refractivity contribution is 5.95. The van der Waals surface area contributed by atoms with Crippen molar-refractivity contribution in [1.29, 1.82) is 0 Å². The van der Waals surface area contributed by atoms with E-state index in [0.717, 1.165) is 11.8 Å². The Morgan fingerprint density at radius 3 is 2.16 bits per heavy atom. The van der Waals surface area contributed by atoms with Gasteiger partial charge in [0, 0.05) is 0 Å². The minimum absolute atomic E-state index is 0.243. The van der Waals surface area contributed by atoms with E-state index < -0.39 is 0 Å². The van der Waals surface area contributed by atoms with E-state index in [-0.39, 0.29) is 5.97 Å². The summed E-state index contributed by atoms with van der Waals surface area (Å²) in [7, 11) is 0. The zero-order valence-electron chi connectivity index (χ0n) is 15.9. The lowest BCUT2D eigenvalue weighted by Gasteiger charge is -2.07. The largest absolute Gasteiger partial charge is 0.462 e. The fourth-order valence-electron chi connectivity index (χ4n) is 3.26. The Kier molecular flexibility index (Phi) is 8.51. The molecule has 0 N–H and O–H groups in total. The van der Waals surface area contributed by atoms with Crippen molar-refractivity contribution in [2.45, 2.75) is 71.6 Å². The molecular weight excluding hydrogens is 308 g/mol. The number of carbonyl (C=O) groups excluding carboxylic acids is 1. The summed E-state index contributed by atoms with van der Waals surface area (Å²) in [6.07, 6.45) is 12.0. The molecule has 0 spiro atoms. The van der Waals surface area contributed by atoms with Crippen molar-refractivity contribution in [3.63, 3.8) is 0 Å². The van der Waals surface area contributed by atoms with Crippen LogP contribution in [0.2, 0.25) is 0 Å². The number of unbranched alkanes of at least 4 members (excludes halogenated alkanes) is 7. The van der Waals surface area contributed by atoms with Gasteiger partial charge in [0.1, 0.15) is 0 Å². The molecule has 0 fully saturated rings. The third-order valence-corrected chi connectivity index (χ3v) is 4.73. The number of carbonyl (C=O) groups is 1. The van der Waals surface area contributed by atoms with Crippen molar-refractivity contribution in [2.24, 2.45) is 0 Å². The van der Waals surface area contributed by atoms with Gasteiger partial charge in [-0.2, -0.15) is 0 Å². The Balaban J connectivity index is 1.81. The van der Waals surface area contributed by atoms with E-state index in [4.69, 9.17) is 4.74 Å². The second kappa shape index (κ2) is 10.9. The predicted molar refractivity (Wildman–Crippen MR) is 106 cm³/mol. The first-order chi connectivity index (χ1) is 12.2. The summed E-state index contributed by atoms with van der Waals surface area (Å²) >= 11 is 0. The predicted octanol–water partition coefficient (Wildman–Crippen LogP) is 6.70. The first kappa shape index (κ1) is 19.5. The molecule has 25 heavy (non-hydrogen) atoms. The molecule has 0 heterocycles. The Morgan fingerprint density at radius 1 is 0.800 bits per heavy atom. The van der Waals surface area contributed by atoms with E-state index in [2.05, 4.69) is 25.1 Å². The molecule has 0 amide bonds. The fourth-order valence-corrected chi connectivity index (χ4v) is 3.26. The van der Waals surface area contributed by atoms with Crippen LogP contribution in [0.4, 0.5) is 0 Å². The van der Waals surface area contributed by atoms with Crippen molar-refractivity contribution in [2.75, 3.05) is 6.61 Å². The molecule has 2 aromatic rings. The summed E-state index contributed by atoms with van der Waals surface area (Å²) in [4.78, 5) is 11.8. The average molecular weight is 341 g/mol. The van der Waals surface area contributed by atoms with E-state index in [1.54, 1.807) is 0 Å². The zero-order chi connectivity index (χ0) is 17.9. The molecule has 0 aromatic heterocycles. The number of aryl methyl sites for hydroxylation is 1. The summed E-state index contributed by atoms with van der Waals surface area (Å²) in [6.45, 7) is 4.51. The maximum atomic E-state index is 11.8. The standard InChI is InChI=1S/C23H32O2/c1-3-5-6-7-8-9-10-11-12-19-13-14-21-18-22(23(24)25-4-2)16-15-20(21)17-19/h13-18H,3-12H2,1-2H3. The summed E-state index contributed by atoms with van der Waals surface area (Å²) in [6, 6.07) is 12.4. The second-order valence-electron chi connectivity index (χ2n) is 6.84. The molecule has 2 nitrogen and oxygen atoms in total. The first-order valence-corrected chi connectivity index (χ1v) is 9.94. The number of benzene rings is 2. The van der Waals surface area contributed by atoms with Crippen LogP contribution in [-0.4, -0.2) is 12.6 Å². The van der Waals surface area contributed by atoms with Crippen LogP contribution in [0.3, 0.4) is 0 Å². The molecular formula is C23H32O2. The molecule has 0 unspecified atom stereocenters. The van der Waals surface area contributed by atoms with Gasteiger partial charge < -0.3 is 4.74 Å². The molecule has 0 radical (unpaired) electrons. The van der Waals surface area contributed by atoms with Crippen molar-refractivity contribution in [1.82, 2.24) is 0 Å². The Morgan fingerprint density at radius 2 is 1.44 bits per heavy atom. The molecule has 2 aromatic carbocycles. The molecule has 0 aliphatic carbocycles. The monoisotopic (exact) mass is 340 g/mol. The van der Waals surface area contributed by atoms with Crippen molar-refractivity contribution in [3.05, 3.63) is 47.5 Å². The molecule has 0 saturated carbocycles. The van der Waals surface area contributed by atoms with Gasteiger partial charge >= 0.3 is 5.97 Å². The van der Waals surface area contributed by atoms with E-state index in [1.807, 2.05) is 25.1 Å². The lowest BCUT2D eigenvalue weighted by Crippen LogP contribution is -2.04. The summed E-state index contributed by atoms with van der Waals surface area (Å²) in [5.74, 6) is -0.243. The second-order valence-corrected chi connectivity index (χ2v) is 6.84. The summed E-state index contributed by atoms with van der Waals surface area (Å²) in [5, 5.41) is 2.30. The van der Waals surface area contributed by atoms with Crippen molar-refractivity contribution in [3.8, 4) is 0 Å². The lowest BCUT2D eigenvalue weighted by atomic mass is 10.0. The minimum atomic E-state index is -0.243. The van der Waals surface area contributed by atoms with Crippen molar-refractivity contribution < 1.29 is 9.53 Å². The number of ether oxygens (including phenoxy) is 1. The van der Waals surface area contributed by atoms with Gasteiger partial charge in [0.2, 0.25) is 0 Å². The molecule has 136 valence electrons. The lowest BCUT2D eigenvalue weighted by molar-refractivity contribution is 0.0526. The van der Waals surface area contributed by atoms with Crippen LogP contribution >= 0.6 is 0 Å². The highest BCUT2D eigenvalue weighted by Crippen LogP contribution is 2.20. The van der Waals surface area contributed by atoms with Crippen LogP contribution in [0.15, 0.2) is 36.4 Å². The van der Waals surface area contributed by atoms with E-state index in [9.17, 15) is 4.79 Å². The van der Waals surface area contributed by atoms with Gasteiger partial charge in [-0.15, -0.1) is 0 Å². The van der Waals surface area contributed by atoms with Gasteiger partial charge in [0.15, 0.2) is 0 Å². The van der Waals surface area contributed by atoms with Crippen LogP contribution in [-0.2, 0) is 11.2 Å². The quantitative estimate of drug-likeness (QED) is 0.336. The van der Waals surface area contributed by atoms with Crippen LogP contribution in [0.1, 0.15) is 81.1 Å². The SMILES string of the molecule is CCCCCCCCCCc1ccc2cc(C(=O)OCC)ccc2c1. The molecule has 0 atom stereocenters. The third-order valence-electron chi connectivity index (χ3n) is 4.73. The fraction of sp³-hybridized carbons (Fsp3) is 0.522. The third kappa shape index (κ3) is 6.53. The number of hydrogen-bond acceptors (Lipinski definition) is 2. The minimum Gasteiger partial charge on any atom is -0.462 e. The van der Waals surface area contributed by atoms with Crippen LogP contribution in [0.5, 0.6) is 0 Å². The molecule has 0 saturated heterocycles. The number of rotatable bonds is 11. The first-order valence-electron chi connectivity index (χ1n) is 9.94. The van der Waals surface area contributed by atoms with Crippen LogP contribution in [0.25, 0.3) is 10.8 Å². The molecule has 2 heteroatoms. The van der Waals surface area contributed by atoms with Gasteiger partial charge in [-0.05, 0) is 48.2 Å². The normalized spacial score (nSPS) is 11.0. The van der Waals surface area contributed by atoms with Gasteiger partial charge in [-0.1, -0.05) is 76.1 Å². The van der Waals surface area contributed by atoms with Crippen LogP contribution in [0, 0.1) is 0 Å². The van der Waals surface area contributed by atoms with Gasteiger partial charge in [0.05, 0.1) is 12.2 Å². The zero-order valence-corrected chi connectivity index (χ0v) is 15.9. The maximum Gasteiger partial charge on any atom is 0.338 e. The van der Waals surface area contributed by atoms with Gasteiger partial charge in [0.25, 0.3) is 0 Å². The summed E-state index contributed by atoms with van der Waals surface area (Å²) in [5.41, 5.74) is 2.02. The highest BCUT2D eigenvalue weighted by atomic mass is 16.5. The molecule has 0 aliphatic heterocycles. The topological polar surface area (TPSA) is 26.3 Å². The molecule has 2 rings (SSSR count). The Hall–Kier alpha value is -1.83. The smallest absolute Gasteiger partial charge is 0.338 e. The van der Waals surface area contributed by atoms with Crippen LogP contribution < -0.4 is 0 Å². The van der Waals surface area contributed by atoms with Gasteiger partial charge in [-0.3, -0.25) is 0 Å². The average Bonchev–Trinajstić information content (AvgIpc) is 2.63. The van der Waals surface area contributed by atoms with Crippen molar-refractivity contribution >= 4 is 16.7 Å². The Bertz CT molecular complexity index is 660. The van der Waals surface area contributed by atoms with E-state index in [0.29, 0.717) is 12.2 Å².